The van der Waals surface area contributed by atoms with Gasteiger partial charge in [0.05, 0.1) is 28.5 Å². The van der Waals surface area contributed by atoms with E-state index in [1.165, 1.54) is 0 Å². The predicted molar refractivity (Wildman–Crippen MR) is 138 cm³/mol. The first-order chi connectivity index (χ1) is 18.7. The lowest BCUT2D eigenvalue weighted by Crippen LogP contribution is -2.55. The number of amides is 1. The Morgan fingerprint density at radius 1 is 1.14 bits per heavy atom. The molecular weight excluding hydrogens is 448 g/mol. The molecule has 7 heteroatoms. The smallest absolute Gasteiger partial charge is 0.254 e. The van der Waals surface area contributed by atoms with Crippen LogP contribution in [-0.4, -0.2) is 50.4 Å². The van der Waals surface area contributed by atoms with Gasteiger partial charge in [-0.25, -0.2) is 15.0 Å². The van der Waals surface area contributed by atoms with Crippen LogP contribution in [0.1, 0.15) is 69.6 Å². The average molecular weight is 478 g/mol. The lowest BCUT2D eigenvalue weighted by molar-refractivity contribution is 0.0734. The molecule has 2 aromatic heterocycles. The monoisotopic (exact) mass is 477 g/mol. The molecule has 178 valence electrons. The molecule has 0 spiro atoms. The van der Waals surface area contributed by atoms with Gasteiger partial charge in [0.15, 0.2) is 0 Å². The van der Waals surface area contributed by atoms with E-state index in [-0.39, 0.29) is 11.5 Å². The Hall–Kier alpha value is -4.02. The van der Waals surface area contributed by atoms with Gasteiger partial charge in [-0.1, -0.05) is 18.1 Å². The van der Waals surface area contributed by atoms with E-state index in [1.54, 1.807) is 19.1 Å². The number of carbonyl (C=O) groups is 1. The first-order valence-electron chi connectivity index (χ1n) is 13.6. The zero-order chi connectivity index (χ0) is 27.1. The van der Waals surface area contributed by atoms with Gasteiger partial charge in [0, 0.05) is 65.2 Å². The predicted octanol–water partition coefficient (Wildman–Crippen LogP) is 3.85. The maximum atomic E-state index is 13.7. The third-order valence-electron chi connectivity index (χ3n) is 7.79. The molecule has 5 heterocycles. The van der Waals surface area contributed by atoms with Crippen LogP contribution in [0.5, 0.6) is 0 Å². The van der Waals surface area contributed by atoms with Gasteiger partial charge >= 0.3 is 0 Å². The van der Waals surface area contributed by atoms with E-state index >= 15 is 0 Å². The van der Waals surface area contributed by atoms with Gasteiger partial charge in [-0.15, -0.1) is 5.92 Å². The SMILES string of the molecule is [2H]C([2H])([2H])N1C(=O)c2cccc(C#CC)c2[C@H]2C[C@@H]1c1nc3ccc(-c4cnc(C5(C)CNC5)nc4)cc3n12. The minimum atomic E-state index is -2.62. The van der Waals surface area contributed by atoms with E-state index in [0.717, 1.165) is 57.1 Å². The topological polar surface area (TPSA) is 75.9 Å². The first kappa shape index (κ1) is 18.3. The highest BCUT2D eigenvalue weighted by atomic mass is 16.2. The van der Waals surface area contributed by atoms with Gasteiger partial charge in [-0.05, 0) is 43.7 Å². The zero-order valence-electron chi connectivity index (χ0n) is 23.0. The third kappa shape index (κ3) is 2.85. The maximum Gasteiger partial charge on any atom is 0.254 e. The van der Waals surface area contributed by atoms with Crippen molar-refractivity contribution in [2.75, 3.05) is 20.1 Å². The molecule has 2 atom stereocenters. The van der Waals surface area contributed by atoms with Crippen molar-refractivity contribution in [3.05, 3.63) is 77.1 Å². The fourth-order valence-corrected chi connectivity index (χ4v) is 5.82. The van der Waals surface area contributed by atoms with Crippen LogP contribution in [0, 0.1) is 11.8 Å². The van der Waals surface area contributed by atoms with E-state index < -0.39 is 18.9 Å². The highest BCUT2D eigenvalue weighted by Gasteiger charge is 2.44. The number of imidazole rings is 1. The number of fused-ring (bicyclic) bond motifs is 9. The molecule has 0 unspecified atom stereocenters. The van der Waals surface area contributed by atoms with Crippen LogP contribution in [0.25, 0.3) is 22.2 Å². The summed E-state index contributed by atoms with van der Waals surface area (Å²) in [4.78, 5) is 28.9. The summed E-state index contributed by atoms with van der Waals surface area (Å²) >= 11 is 0. The number of benzene rings is 2. The van der Waals surface area contributed by atoms with Crippen molar-refractivity contribution in [1.29, 1.82) is 0 Å². The second-order valence-corrected chi connectivity index (χ2v) is 10.1. The molecule has 36 heavy (non-hydrogen) atoms. The van der Waals surface area contributed by atoms with Crippen molar-refractivity contribution in [1.82, 2.24) is 29.7 Å². The Kier molecular flexibility index (Phi) is 3.80. The quantitative estimate of drug-likeness (QED) is 0.444. The highest BCUT2D eigenvalue weighted by molar-refractivity contribution is 5.98. The molecule has 2 bridgehead atoms. The Labute approximate surface area is 213 Å². The van der Waals surface area contributed by atoms with Crippen molar-refractivity contribution in [3.8, 4) is 23.0 Å². The van der Waals surface area contributed by atoms with E-state index in [2.05, 4.69) is 44.7 Å². The Balaban J connectivity index is 1.41. The molecule has 4 aromatic rings. The Morgan fingerprint density at radius 2 is 1.97 bits per heavy atom. The summed E-state index contributed by atoms with van der Waals surface area (Å²) < 4.78 is 26.8. The molecule has 1 saturated heterocycles. The second-order valence-electron chi connectivity index (χ2n) is 10.1. The number of hydrogen-bond donors (Lipinski definition) is 1. The number of nitrogens with one attached hydrogen (secondary N) is 1. The van der Waals surface area contributed by atoms with Gasteiger partial charge < -0.3 is 14.8 Å². The molecule has 1 N–H and O–H groups in total. The zero-order valence-corrected chi connectivity index (χ0v) is 20.0. The van der Waals surface area contributed by atoms with Crippen LogP contribution in [0.3, 0.4) is 0 Å². The van der Waals surface area contributed by atoms with E-state index in [0.29, 0.717) is 17.8 Å². The molecule has 0 aliphatic carbocycles. The summed E-state index contributed by atoms with van der Waals surface area (Å²) in [6.45, 7) is 3.02. The summed E-state index contributed by atoms with van der Waals surface area (Å²) in [5, 5.41) is 3.29. The van der Waals surface area contributed by atoms with Crippen LogP contribution in [0.15, 0.2) is 48.8 Å². The third-order valence-corrected chi connectivity index (χ3v) is 7.79. The standard InChI is InChI=1S/C29H26N6O/c1-4-6-17-7-5-8-20-25(17)23-12-24(34(3)27(20)36)26-33-21-10-9-18(11-22(21)35(23)26)19-13-31-28(32-14-19)29(2)15-30-16-29/h5,7-11,13-14,23-24,30H,12,15-16H2,1-3H3/t23-,24-/m1/s1/i3D3. The van der Waals surface area contributed by atoms with Crippen molar-refractivity contribution in [2.24, 2.45) is 0 Å². The summed E-state index contributed by atoms with van der Waals surface area (Å²) in [5.41, 5.74) is 5.28. The lowest BCUT2D eigenvalue weighted by atomic mass is 9.83. The molecule has 2 aromatic carbocycles. The highest BCUT2D eigenvalue weighted by Crippen LogP contribution is 2.48. The van der Waals surface area contributed by atoms with Gasteiger partial charge in [0.1, 0.15) is 11.6 Å². The van der Waals surface area contributed by atoms with Crippen LogP contribution < -0.4 is 5.32 Å². The number of aromatic nitrogens is 4. The average Bonchev–Trinajstić information content (AvgIpc) is 3.39. The van der Waals surface area contributed by atoms with E-state index in [9.17, 15) is 4.79 Å². The number of carbonyl (C=O) groups excluding carboxylic acids is 1. The normalized spacial score (nSPS) is 22.9. The minimum Gasteiger partial charge on any atom is -0.331 e. The fourth-order valence-electron chi connectivity index (χ4n) is 5.82. The number of hydrogen-bond acceptors (Lipinski definition) is 5. The van der Waals surface area contributed by atoms with Gasteiger partial charge in [0.25, 0.3) is 5.91 Å². The molecule has 0 saturated carbocycles. The first-order valence-corrected chi connectivity index (χ1v) is 12.1. The summed E-state index contributed by atoms with van der Waals surface area (Å²) in [6, 6.07) is 10.4. The van der Waals surface area contributed by atoms with Gasteiger partial charge in [0.2, 0.25) is 0 Å². The number of rotatable bonds is 2. The maximum absolute atomic E-state index is 13.7. The molecule has 7 rings (SSSR count). The van der Waals surface area contributed by atoms with Crippen molar-refractivity contribution >= 4 is 16.9 Å². The number of nitrogens with zero attached hydrogens (tertiary/aromatic N) is 5. The minimum absolute atomic E-state index is 0.0384. The Morgan fingerprint density at radius 3 is 2.69 bits per heavy atom. The van der Waals surface area contributed by atoms with Crippen molar-refractivity contribution in [3.63, 3.8) is 0 Å². The second kappa shape index (κ2) is 7.49. The molecule has 1 fully saturated rings. The fraction of sp³-hybridized carbons (Fsp3) is 0.310. The van der Waals surface area contributed by atoms with Crippen molar-refractivity contribution < 1.29 is 8.91 Å². The Bertz CT molecular complexity index is 1730. The molecule has 1 amide bonds. The van der Waals surface area contributed by atoms with Crippen molar-refractivity contribution in [2.45, 2.75) is 37.8 Å². The summed E-state index contributed by atoms with van der Waals surface area (Å²) in [5.74, 6) is 6.99. The molecule has 7 nitrogen and oxygen atoms in total. The van der Waals surface area contributed by atoms with Gasteiger partial charge in [-0.3, -0.25) is 4.79 Å². The van der Waals surface area contributed by atoms with Crippen LogP contribution >= 0.6 is 0 Å². The summed E-state index contributed by atoms with van der Waals surface area (Å²) in [7, 11) is 0. The molecular formula is C29H26N6O. The molecule has 3 aliphatic heterocycles. The molecule has 3 aliphatic rings. The largest absolute Gasteiger partial charge is 0.331 e. The molecule has 0 radical (unpaired) electrons. The van der Waals surface area contributed by atoms with Crippen LogP contribution in [0.2, 0.25) is 0 Å². The van der Waals surface area contributed by atoms with Gasteiger partial charge in [-0.2, -0.15) is 0 Å². The summed E-state index contributed by atoms with van der Waals surface area (Å²) in [6.07, 6.45) is 4.14. The lowest BCUT2D eigenvalue weighted by Gasteiger charge is -2.37. The van der Waals surface area contributed by atoms with Crippen LogP contribution in [-0.2, 0) is 5.41 Å². The van der Waals surface area contributed by atoms with E-state index in [1.807, 2.05) is 30.6 Å². The van der Waals surface area contributed by atoms with Crippen LogP contribution in [0.4, 0.5) is 0 Å². The van der Waals surface area contributed by atoms with E-state index in [4.69, 9.17) is 9.10 Å².